The number of carbonyl (C=O) groups is 1. The Morgan fingerprint density at radius 3 is 2.47 bits per heavy atom. The Bertz CT molecular complexity index is 286. The number of rotatable bonds is 5. The molecule has 4 heteroatoms. The Labute approximate surface area is 117 Å². The van der Waals surface area contributed by atoms with Crippen LogP contribution in [-0.4, -0.2) is 42.1 Å². The molecule has 2 unspecified atom stereocenters. The first kappa shape index (κ1) is 16.4. The zero-order valence-electron chi connectivity index (χ0n) is 12.9. The van der Waals surface area contributed by atoms with Crippen molar-refractivity contribution >= 4 is 5.91 Å². The van der Waals surface area contributed by atoms with Crippen molar-refractivity contribution in [1.29, 1.82) is 0 Å². The monoisotopic (exact) mass is 270 g/mol. The Kier molecular flexibility index (Phi) is 6.27. The molecule has 4 nitrogen and oxygen atoms in total. The average Bonchev–Trinajstić information content (AvgIpc) is 2.37. The molecule has 1 saturated carbocycles. The molecule has 0 spiro atoms. The van der Waals surface area contributed by atoms with Crippen molar-refractivity contribution in [2.75, 3.05) is 19.7 Å². The van der Waals surface area contributed by atoms with Crippen LogP contribution in [0.4, 0.5) is 0 Å². The van der Waals surface area contributed by atoms with E-state index in [1.807, 2.05) is 32.6 Å². The summed E-state index contributed by atoms with van der Waals surface area (Å²) in [7, 11) is 0. The van der Waals surface area contributed by atoms with E-state index in [9.17, 15) is 4.79 Å². The van der Waals surface area contributed by atoms with Crippen LogP contribution in [0.25, 0.3) is 0 Å². The quantitative estimate of drug-likeness (QED) is 0.833. The van der Waals surface area contributed by atoms with Crippen LogP contribution >= 0.6 is 0 Å². The van der Waals surface area contributed by atoms with Gasteiger partial charge >= 0.3 is 0 Å². The smallest absolute Gasteiger partial charge is 0.248 e. The minimum atomic E-state index is -0.269. The van der Waals surface area contributed by atoms with Crippen LogP contribution in [0.15, 0.2) is 0 Å². The van der Waals surface area contributed by atoms with Crippen molar-refractivity contribution in [2.24, 2.45) is 11.7 Å². The van der Waals surface area contributed by atoms with Gasteiger partial charge in [-0.25, -0.2) is 0 Å². The van der Waals surface area contributed by atoms with Crippen molar-refractivity contribution in [3.05, 3.63) is 0 Å². The molecule has 1 amide bonds. The van der Waals surface area contributed by atoms with Gasteiger partial charge in [-0.1, -0.05) is 12.8 Å². The molecule has 0 heterocycles. The van der Waals surface area contributed by atoms with E-state index in [0.29, 0.717) is 18.5 Å². The van der Waals surface area contributed by atoms with E-state index in [-0.39, 0.29) is 18.1 Å². The van der Waals surface area contributed by atoms with Gasteiger partial charge in [-0.2, -0.15) is 0 Å². The van der Waals surface area contributed by atoms with E-state index in [4.69, 9.17) is 10.5 Å². The molecular formula is C15H30N2O2. The molecule has 0 aromatic heterocycles. The van der Waals surface area contributed by atoms with E-state index >= 15 is 0 Å². The summed E-state index contributed by atoms with van der Waals surface area (Å²) in [5.74, 6) is 0.551. The van der Waals surface area contributed by atoms with Gasteiger partial charge in [0.2, 0.25) is 5.91 Å². The molecule has 0 saturated heterocycles. The van der Waals surface area contributed by atoms with Gasteiger partial charge < -0.3 is 15.4 Å². The first-order valence-electron chi connectivity index (χ1n) is 7.52. The third-order valence-corrected chi connectivity index (χ3v) is 3.86. The lowest BCUT2D eigenvalue weighted by atomic mass is 9.83. The summed E-state index contributed by atoms with van der Waals surface area (Å²) in [6.07, 6.45) is 4.66. The fourth-order valence-corrected chi connectivity index (χ4v) is 2.83. The fraction of sp³-hybridized carbons (Fsp3) is 0.933. The lowest BCUT2D eigenvalue weighted by Gasteiger charge is -2.39. The van der Waals surface area contributed by atoms with E-state index in [1.165, 1.54) is 12.8 Å². The van der Waals surface area contributed by atoms with Gasteiger partial charge in [0.1, 0.15) is 6.61 Å². The fourth-order valence-electron chi connectivity index (χ4n) is 2.83. The molecule has 112 valence electrons. The van der Waals surface area contributed by atoms with Crippen molar-refractivity contribution in [2.45, 2.75) is 65.0 Å². The summed E-state index contributed by atoms with van der Waals surface area (Å²) in [4.78, 5) is 14.3. The lowest BCUT2D eigenvalue weighted by molar-refractivity contribution is -0.145. The summed E-state index contributed by atoms with van der Waals surface area (Å²) < 4.78 is 5.61. The predicted molar refractivity (Wildman–Crippen MR) is 77.9 cm³/mol. The van der Waals surface area contributed by atoms with Crippen molar-refractivity contribution in [3.8, 4) is 0 Å². The molecule has 19 heavy (non-hydrogen) atoms. The molecule has 2 N–H and O–H groups in total. The standard InChI is InChI=1S/C15H30N2O2/c1-5-17(14(18)11-19-15(2,3)4)13-9-7-6-8-12(13)10-16/h12-13H,5-11,16H2,1-4H3. The minimum absolute atomic E-state index is 0.0998. The van der Waals surface area contributed by atoms with Crippen molar-refractivity contribution < 1.29 is 9.53 Å². The van der Waals surface area contributed by atoms with E-state index in [0.717, 1.165) is 19.4 Å². The van der Waals surface area contributed by atoms with Crippen LogP contribution in [0.1, 0.15) is 53.4 Å². The highest BCUT2D eigenvalue weighted by Gasteiger charge is 2.31. The SMILES string of the molecule is CCN(C(=O)COC(C)(C)C)C1CCCCC1CN. The highest BCUT2D eigenvalue weighted by Crippen LogP contribution is 2.28. The van der Waals surface area contributed by atoms with E-state index in [1.54, 1.807) is 0 Å². The Morgan fingerprint density at radius 2 is 1.95 bits per heavy atom. The average molecular weight is 270 g/mol. The molecule has 1 fully saturated rings. The molecule has 0 aliphatic heterocycles. The van der Waals surface area contributed by atoms with E-state index < -0.39 is 0 Å². The second-order valence-corrected chi connectivity index (χ2v) is 6.43. The number of nitrogens with zero attached hydrogens (tertiary/aromatic N) is 1. The normalized spacial score (nSPS) is 24.3. The first-order valence-corrected chi connectivity index (χ1v) is 7.52. The molecular weight excluding hydrogens is 240 g/mol. The summed E-state index contributed by atoms with van der Waals surface area (Å²) >= 11 is 0. The van der Waals surface area contributed by atoms with Crippen molar-refractivity contribution in [1.82, 2.24) is 4.90 Å². The number of amides is 1. The maximum atomic E-state index is 12.3. The topological polar surface area (TPSA) is 55.6 Å². The molecule has 1 aliphatic rings. The van der Waals surface area contributed by atoms with Crippen LogP contribution < -0.4 is 5.73 Å². The summed E-state index contributed by atoms with van der Waals surface area (Å²) in [5.41, 5.74) is 5.59. The third-order valence-electron chi connectivity index (χ3n) is 3.86. The van der Waals surface area contributed by atoms with Gasteiger partial charge in [-0.3, -0.25) is 4.79 Å². The number of hydrogen-bond donors (Lipinski definition) is 1. The number of nitrogens with two attached hydrogens (primary N) is 1. The van der Waals surface area contributed by atoms with Crippen LogP contribution in [0, 0.1) is 5.92 Å². The zero-order chi connectivity index (χ0) is 14.5. The highest BCUT2D eigenvalue weighted by molar-refractivity contribution is 5.77. The van der Waals surface area contributed by atoms with Crippen LogP contribution in [0.3, 0.4) is 0 Å². The maximum absolute atomic E-state index is 12.3. The first-order chi connectivity index (χ1) is 8.89. The molecule has 1 aliphatic carbocycles. The number of ether oxygens (including phenoxy) is 1. The lowest BCUT2D eigenvalue weighted by Crippen LogP contribution is -2.49. The zero-order valence-corrected chi connectivity index (χ0v) is 12.9. The Hall–Kier alpha value is -0.610. The van der Waals surface area contributed by atoms with Gasteiger partial charge in [0.05, 0.1) is 5.60 Å². The van der Waals surface area contributed by atoms with E-state index in [2.05, 4.69) is 0 Å². The number of likely N-dealkylation sites (N-methyl/N-ethyl adjacent to an activating group) is 1. The van der Waals surface area contributed by atoms with Crippen LogP contribution in [0.2, 0.25) is 0 Å². The molecule has 1 rings (SSSR count). The van der Waals surface area contributed by atoms with Gasteiger partial charge in [0.25, 0.3) is 0 Å². The maximum Gasteiger partial charge on any atom is 0.248 e. The molecule has 0 radical (unpaired) electrons. The summed E-state index contributed by atoms with van der Waals surface area (Å²) in [5, 5.41) is 0. The highest BCUT2D eigenvalue weighted by atomic mass is 16.5. The Balaban J connectivity index is 2.62. The van der Waals surface area contributed by atoms with Crippen molar-refractivity contribution in [3.63, 3.8) is 0 Å². The Morgan fingerprint density at radius 1 is 1.32 bits per heavy atom. The van der Waals surface area contributed by atoms with Gasteiger partial charge in [-0.15, -0.1) is 0 Å². The third kappa shape index (κ3) is 5.11. The molecule has 2 atom stereocenters. The molecule has 0 bridgehead atoms. The molecule has 0 aromatic carbocycles. The number of carbonyl (C=O) groups excluding carboxylic acids is 1. The van der Waals surface area contributed by atoms with Crippen LogP contribution in [0.5, 0.6) is 0 Å². The van der Waals surface area contributed by atoms with Crippen LogP contribution in [-0.2, 0) is 9.53 Å². The second-order valence-electron chi connectivity index (χ2n) is 6.43. The number of hydrogen-bond acceptors (Lipinski definition) is 3. The van der Waals surface area contributed by atoms with Gasteiger partial charge in [0.15, 0.2) is 0 Å². The summed E-state index contributed by atoms with van der Waals surface area (Å²) in [6, 6.07) is 0.305. The minimum Gasteiger partial charge on any atom is -0.366 e. The molecule has 0 aromatic rings. The summed E-state index contributed by atoms with van der Waals surface area (Å²) in [6.45, 7) is 9.55. The van der Waals surface area contributed by atoms with Gasteiger partial charge in [0, 0.05) is 12.6 Å². The predicted octanol–water partition coefficient (Wildman–Crippen LogP) is 2.17. The second kappa shape index (κ2) is 7.25. The van der Waals surface area contributed by atoms with Gasteiger partial charge in [-0.05, 0) is 53.0 Å². The largest absolute Gasteiger partial charge is 0.366 e.